The fourth-order valence-electron chi connectivity index (χ4n) is 0.895. The highest BCUT2D eigenvalue weighted by molar-refractivity contribution is 5.90. The van der Waals surface area contributed by atoms with Crippen molar-refractivity contribution in [2.24, 2.45) is 0 Å². The van der Waals surface area contributed by atoms with Crippen LogP contribution in [-0.2, 0) is 4.74 Å². The maximum Gasteiger partial charge on any atom is 0.345 e. The number of ether oxygens (including phenoxy) is 1. The average molecular weight is 219 g/mol. The Morgan fingerprint density at radius 3 is 2.79 bits per heavy atom. The van der Waals surface area contributed by atoms with Gasteiger partial charge < -0.3 is 9.72 Å². The number of hydrogen-bond acceptors (Lipinski definition) is 4. The van der Waals surface area contributed by atoms with Crippen molar-refractivity contribution in [2.45, 2.75) is 13.8 Å². The molecule has 0 saturated heterocycles. The number of H-pyrrole nitrogens is 1. The highest BCUT2D eigenvalue weighted by Crippen LogP contribution is 2.01. The van der Waals surface area contributed by atoms with Gasteiger partial charge in [-0.1, -0.05) is 0 Å². The molecule has 0 radical (unpaired) electrons. The molecule has 1 aromatic rings. The number of rotatable bonds is 2. The smallest absolute Gasteiger partial charge is 0.345 e. The molecule has 0 amide bonds. The highest BCUT2D eigenvalue weighted by Gasteiger charge is 2.10. The molecule has 0 atom stereocenters. The summed E-state index contributed by atoms with van der Waals surface area (Å²) in [5.41, 5.74) is 0.297. The Balaban J connectivity index is 0.00000169. The van der Waals surface area contributed by atoms with E-state index in [0.717, 1.165) is 0 Å². The van der Waals surface area contributed by atoms with E-state index in [1.165, 1.54) is 6.20 Å². The first-order chi connectivity index (χ1) is 6.15. The fourth-order valence-corrected chi connectivity index (χ4v) is 0.895. The first-order valence-electron chi connectivity index (χ1n) is 3.88. The van der Waals surface area contributed by atoms with Crippen molar-refractivity contribution in [2.75, 3.05) is 6.61 Å². The molecule has 0 aliphatic heterocycles. The second kappa shape index (κ2) is 5.39. The number of aryl methyl sites for hydroxylation is 1. The van der Waals surface area contributed by atoms with E-state index in [1.807, 2.05) is 0 Å². The van der Waals surface area contributed by atoms with Crippen molar-refractivity contribution in [3.05, 3.63) is 27.9 Å². The van der Waals surface area contributed by atoms with Crippen LogP contribution >= 0.6 is 12.4 Å². The van der Waals surface area contributed by atoms with Crippen molar-refractivity contribution in [1.82, 2.24) is 9.97 Å². The number of aromatic amines is 1. The largest absolute Gasteiger partial charge is 0.462 e. The van der Waals surface area contributed by atoms with Crippen LogP contribution in [0.4, 0.5) is 0 Å². The molecule has 0 aromatic carbocycles. The molecule has 1 aromatic heterocycles. The van der Waals surface area contributed by atoms with Gasteiger partial charge in [0, 0.05) is 11.9 Å². The molecule has 0 saturated carbocycles. The zero-order valence-electron chi connectivity index (χ0n) is 7.86. The number of hydrogen-bond donors (Lipinski definition) is 1. The normalized spacial score (nSPS) is 9.00. The Labute approximate surface area is 86.9 Å². The van der Waals surface area contributed by atoms with E-state index in [2.05, 4.69) is 9.97 Å². The van der Waals surface area contributed by atoms with Crippen LogP contribution in [0.15, 0.2) is 11.0 Å². The minimum atomic E-state index is -0.469. The minimum Gasteiger partial charge on any atom is -0.462 e. The van der Waals surface area contributed by atoms with Crippen molar-refractivity contribution in [3.8, 4) is 0 Å². The quantitative estimate of drug-likeness (QED) is 0.741. The predicted molar refractivity (Wildman–Crippen MR) is 52.8 cm³/mol. The summed E-state index contributed by atoms with van der Waals surface area (Å²) in [5.74, 6) is -0.469. The topological polar surface area (TPSA) is 72.0 Å². The van der Waals surface area contributed by atoms with Gasteiger partial charge in [0.05, 0.1) is 12.2 Å². The molecule has 1 rings (SSSR count). The molecule has 0 aliphatic rings. The first-order valence-corrected chi connectivity index (χ1v) is 3.88. The Bertz CT molecular complexity index is 375. The van der Waals surface area contributed by atoms with Crippen LogP contribution in [0, 0.1) is 6.92 Å². The van der Waals surface area contributed by atoms with E-state index in [9.17, 15) is 9.59 Å². The second-order valence-electron chi connectivity index (χ2n) is 2.45. The molecule has 0 unspecified atom stereocenters. The van der Waals surface area contributed by atoms with Crippen molar-refractivity contribution in [3.63, 3.8) is 0 Å². The first kappa shape index (κ1) is 12.6. The number of nitrogens with zero attached hydrogens (tertiary/aromatic N) is 1. The van der Waals surface area contributed by atoms with Gasteiger partial charge in [0.15, 0.2) is 0 Å². The maximum atomic E-state index is 11.2. The summed E-state index contributed by atoms with van der Waals surface area (Å²) >= 11 is 0. The summed E-state index contributed by atoms with van der Waals surface area (Å²) in [4.78, 5) is 27.7. The van der Waals surface area contributed by atoms with Crippen LogP contribution in [0.2, 0.25) is 0 Å². The fraction of sp³-hybridized carbons (Fsp3) is 0.375. The Kier molecular flexibility index (Phi) is 4.86. The lowest BCUT2D eigenvalue weighted by atomic mass is 10.2. The molecule has 1 heterocycles. The molecule has 0 spiro atoms. The minimum absolute atomic E-state index is 0. The van der Waals surface area contributed by atoms with Crippen LogP contribution in [0.25, 0.3) is 0 Å². The molecule has 0 fully saturated rings. The number of carbonyl (C=O) groups excluding carboxylic acids is 1. The lowest BCUT2D eigenvalue weighted by Crippen LogP contribution is -2.16. The van der Waals surface area contributed by atoms with Crippen molar-refractivity contribution in [1.29, 1.82) is 0 Å². The monoisotopic (exact) mass is 218 g/mol. The van der Waals surface area contributed by atoms with Crippen molar-refractivity contribution < 1.29 is 9.53 Å². The van der Waals surface area contributed by atoms with E-state index in [4.69, 9.17) is 4.74 Å². The lowest BCUT2D eigenvalue weighted by molar-refractivity contribution is 0.0524. The van der Waals surface area contributed by atoms with Crippen LogP contribution < -0.4 is 5.69 Å². The SMILES string of the molecule is CCOC(=O)c1cnc(=O)[nH]c1C.Cl. The molecule has 14 heavy (non-hydrogen) atoms. The molecule has 5 nitrogen and oxygen atoms in total. The zero-order chi connectivity index (χ0) is 9.84. The number of esters is 1. The summed E-state index contributed by atoms with van der Waals surface area (Å²) in [6.07, 6.45) is 1.21. The van der Waals surface area contributed by atoms with Crippen LogP contribution in [-0.4, -0.2) is 22.5 Å². The van der Waals surface area contributed by atoms with Gasteiger partial charge in [0.2, 0.25) is 0 Å². The molecule has 1 N–H and O–H groups in total. The standard InChI is InChI=1S/C8H10N2O3.ClH/c1-3-13-7(11)6-4-9-8(12)10-5(6)2;/h4H,3H2,1-2H3,(H,9,10,12);1H. The number of carbonyl (C=O) groups is 1. The van der Waals surface area contributed by atoms with Crippen molar-refractivity contribution >= 4 is 18.4 Å². The Morgan fingerprint density at radius 1 is 1.64 bits per heavy atom. The van der Waals surface area contributed by atoms with Gasteiger partial charge >= 0.3 is 11.7 Å². The number of halogens is 1. The highest BCUT2D eigenvalue weighted by atomic mass is 35.5. The van der Waals surface area contributed by atoms with Gasteiger partial charge in [0.25, 0.3) is 0 Å². The van der Waals surface area contributed by atoms with Gasteiger partial charge in [0.1, 0.15) is 0 Å². The van der Waals surface area contributed by atoms with Gasteiger partial charge in [-0.25, -0.2) is 14.6 Å². The maximum absolute atomic E-state index is 11.2. The van der Waals surface area contributed by atoms with E-state index < -0.39 is 11.7 Å². The number of nitrogens with one attached hydrogen (secondary N) is 1. The summed E-state index contributed by atoms with van der Waals surface area (Å²) < 4.78 is 4.75. The van der Waals surface area contributed by atoms with Crippen LogP contribution in [0.5, 0.6) is 0 Å². The summed E-state index contributed by atoms with van der Waals surface area (Å²) in [6.45, 7) is 3.64. The van der Waals surface area contributed by atoms with Crippen LogP contribution in [0.3, 0.4) is 0 Å². The van der Waals surface area contributed by atoms with E-state index in [1.54, 1.807) is 13.8 Å². The van der Waals surface area contributed by atoms with E-state index in [0.29, 0.717) is 17.9 Å². The van der Waals surface area contributed by atoms with E-state index >= 15 is 0 Å². The number of aromatic nitrogens is 2. The van der Waals surface area contributed by atoms with Crippen LogP contribution in [0.1, 0.15) is 23.0 Å². The third-order valence-corrected chi connectivity index (χ3v) is 1.50. The van der Waals surface area contributed by atoms with Gasteiger partial charge in [-0.15, -0.1) is 12.4 Å². The Morgan fingerprint density at radius 2 is 2.29 bits per heavy atom. The molecule has 6 heteroatoms. The molecule has 0 aliphatic carbocycles. The lowest BCUT2D eigenvalue weighted by Gasteiger charge is -2.02. The molecular weight excluding hydrogens is 208 g/mol. The van der Waals surface area contributed by atoms with Gasteiger partial charge in [-0.2, -0.15) is 0 Å². The molecular formula is C8H11ClN2O3. The molecule has 78 valence electrons. The third kappa shape index (κ3) is 2.85. The predicted octanol–water partition coefficient (Wildman–Crippen LogP) is 0.677. The van der Waals surface area contributed by atoms with E-state index in [-0.39, 0.29) is 12.4 Å². The zero-order valence-corrected chi connectivity index (χ0v) is 8.68. The van der Waals surface area contributed by atoms with Gasteiger partial charge in [-0.3, -0.25) is 0 Å². The third-order valence-electron chi connectivity index (χ3n) is 1.50. The van der Waals surface area contributed by atoms with Gasteiger partial charge in [-0.05, 0) is 13.8 Å². The Hall–Kier alpha value is -1.36. The summed E-state index contributed by atoms with van der Waals surface area (Å²) in [7, 11) is 0. The summed E-state index contributed by atoms with van der Waals surface area (Å²) in [6, 6.07) is 0. The summed E-state index contributed by atoms with van der Waals surface area (Å²) in [5, 5.41) is 0. The second-order valence-corrected chi connectivity index (χ2v) is 2.45. The molecule has 0 bridgehead atoms. The average Bonchev–Trinajstić information content (AvgIpc) is 2.04.